The van der Waals surface area contributed by atoms with E-state index in [0.29, 0.717) is 30.1 Å². The highest BCUT2D eigenvalue weighted by Crippen LogP contribution is 2.31. The lowest BCUT2D eigenvalue weighted by Crippen LogP contribution is -2.27. The van der Waals surface area contributed by atoms with Crippen LogP contribution in [0.5, 0.6) is 0 Å². The first kappa shape index (κ1) is 22.8. The van der Waals surface area contributed by atoms with E-state index in [1.807, 2.05) is 32.0 Å². The third-order valence-electron chi connectivity index (χ3n) is 6.23. The lowest BCUT2D eigenvalue weighted by atomic mass is 10.1. The van der Waals surface area contributed by atoms with Gasteiger partial charge in [-0.15, -0.1) is 10.2 Å². The topological polar surface area (TPSA) is 113 Å². The Balaban J connectivity index is 1.61. The second-order valence-electron chi connectivity index (χ2n) is 8.76. The van der Waals surface area contributed by atoms with Crippen LogP contribution in [0.4, 0.5) is 11.5 Å². The zero-order chi connectivity index (χ0) is 24.9. The van der Waals surface area contributed by atoms with Crippen molar-refractivity contribution < 1.29 is 9.90 Å². The molecule has 4 heterocycles. The number of pyridine rings is 1. The van der Waals surface area contributed by atoms with Crippen LogP contribution in [0.3, 0.4) is 0 Å². The van der Waals surface area contributed by atoms with Gasteiger partial charge in [0.1, 0.15) is 11.5 Å². The van der Waals surface area contributed by atoms with Crippen molar-refractivity contribution in [1.82, 2.24) is 19.6 Å². The number of anilines is 2. The number of aromatic nitrogens is 4. The van der Waals surface area contributed by atoms with Gasteiger partial charge >= 0.3 is 5.97 Å². The number of rotatable bonds is 5. The molecule has 0 fully saturated rings. The molecule has 0 amide bonds. The molecule has 0 saturated carbocycles. The Morgan fingerprint density at radius 2 is 1.83 bits per heavy atom. The Labute approximate surface area is 206 Å². The number of benzene rings is 1. The van der Waals surface area contributed by atoms with E-state index in [2.05, 4.69) is 32.5 Å². The molecule has 178 valence electrons. The average molecular weight is 491 g/mol. The highest BCUT2D eigenvalue weighted by molar-refractivity contribution is 6.29. The van der Waals surface area contributed by atoms with E-state index >= 15 is 0 Å². The summed E-state index contributed by atoms with van der Waals surface area (Å²) in [6.07, 6.45) is 1.77. The third-order valence-corrected chi connectivity index (χ3v) is 6.42. The number of nitrogens with zero attached hydrogens (tertiary/aromatic N) is 5. The van der Waals surface area contributed by atoms with E-state index in [1.54, 1.807) is 17.5 Å². The second kappa shape index (κ2) is 8.66. The van der Waals surface area contributed by atoms with Gasteiger partial charge in [-0.05, 0) is 43.5 Å². The van der Waals surface area contributed by atoms with Crippen molar-refractivity contribution in [3.8, 4) is 0 Å². The Kier molecular flexibility index (Phi) is 5.64. The minimum absolute atomic E-state index is 0.0691. The Morgan fingerprint density at radius 3 is 2.49 bits per heavy atom. The molecule has 1 atom stereocenters. The molecule has 0 saturated heterocycles. The number of aryl methyl sites for hydroxylation is 1. The maximum absolute atomic E-state index is 13.4. The zero-order valence-electron chi connectivity index (χ0n) is 19.4. The number of aromatic carboxylic acids is 1. The van der Waals surface area contributed by atoms with Gasteiger partial charge in [0.15, 0.2) is 10.8 Å². The van der Waals surface area contributed by atoms with Crippen molar-refractivity contribution in [2.24, 2.45) is 0 Å². The molecule has 3 aromatic heterocycles. The van der Waals surface area contributed by atoms with Crippen LogP contribution in [0.15, 0.2) is 47.4 Å². The molecule has 0 radical (unpaired) electrons. The first-order valence-corrected chi connectivity index (χ1v) is 11.5. The summed E-state index contributed by atoms with van der Waals surface area (Å²) < 4.78 is 1.56. The van der Waals surface area contributed by atoms with E-state index in [1.165, 1.54) is 17.2 Å². The number of carboxylic acid groups (broad SMARTS) is 1. The van der Waals surface area contributed by atoms with E-state index in [4.69, 9.17) is 16.6 Å². The van der Waals surface area contributed by atoms with Crippen LogP contribution in [-0.2, 0) is 13.1 Å². The van der Waals surface area contributed by atoms with Crippen molar-refractivity contribution in [2.75, 3.05) is 10.2 Å². The van der Waals surface area contributed by atoms with E-state index < -0.39 is 12.0 Å². The van der Waals surface area contributed by atoms with Crippen LogP contribution in [0.2, 0.25) is 5.15 Å². The fourth-order valence-electron chi connectivity index (χ4n) is 4.54. The summed E-state index contributed by atoms with van der Waals surface area (Å²) in [5.74, 6) is -0.581. The molecule has 5 rings (SSSR count). The van der Waals surface area contributed by atoms with E-state index in [0.717, 1.165) is 11.1 Å². The fraction of sp³-hybridized carbons (Fsp3) is 0.240. The molecule has 4 aromatic rings. The van der Waals surface area contributed by atoms with Gasteiger partial charge in [-0.1, -0.05) is 35.9 Å². The lowest BCUT2D eigenvalue weighted by molar-refractivity contribution is 0.0690. The van der Waals surface area contributed by atoms with Crippen molar-refractivity contribution in [1.29, 1.82) is 0 Å². The fourth-order valence-corrected chi connectivity index (χ4v) is 4.69. The molecular weight excluding hydrogens is 468 g/mol. The maximum atomic E-state index is 13.4. The zero-order valence-corrected chi connectivity index (χ0v) is 20.2. The summed E-state index contributed by atoms with van der Waals surface area (Å²) in [5.41, 5.74) is 4.97. The highest BCUT2D eigenvalue weighted by atomic mass is 35.5. The quantitative estimate of drug-likeness (QED) is 0.429. The summed E-state index contributed by atoms with van der Waals surface area (Å²) in [5, 5.41) is 20.1. The van der Waals surface area contributed by atoms with Crippen molar-refractivity contribution in [3.05, 3.63) is 91.6 Å². The third kappa shape index (κ3) is 4.08. The van der Waals surface area contributed by atoms with Gasteiger partial charge in [-0.3, -0.25) is 9.20 Å². The molecule has 0 unspecified atom stereocenters. The van der Waals surface area contributed by atoms with Gasteiger partial charge in [0, 0.05) is 30.9 Å². The largest absolute Gasteiger partial charge is 0.476 e. The Morgan fingerprint density at radius 1 is 1.14 bits per heavy atom. The van der Waals surface area contributed by atoms with Crippen molar-refractivity contribution >= 4 is 34.7 Å². The first-order valence-electron chi connectivity index (χ1n) is 11.1. The van der Waals surface area contributed by atoms with Gasteiger partial charge in [0.05, 0.1) is 17.3 Å². The maximum Gasteiger partial charge on any atom is 0.358 e. The van der Waals surface area contributed by atoms with E-state index in [9.17, 15) is 14.7 Å². The molecule has 9 nitrogen and oxygen atoms in total. The van der Waals surface area contributed by atoms with Crippen LogP contribution in [0.1, 0.15) is 51.3 Å². The number of hydrogen-bond acceptors (Lipinski definition) is 7. The first-order chi connectivity index (χ1) is 16.7. The Bertz CT molecular complexity index is 1530. The lowest BCUT2D eigenvalue weighted by Gasteiger charge is -2.22. The number of carboxylic acids is 1. The van der Waals surface area contributed by atoms with Crippen molar-refractivity contribution in [3.63, 3.8) is 0 Å². The molecule has 1 aliphatic heterocycles. The summed E-state index contributed by atoms with van der Waals surface area (Å²) in [6, 6.07) is 11.1. The number of nitrogens with one attached hydrogen (secondary N) is 1. The van der Waals surface area contributed by atoms with Gasteiger partial charge in [0.2, 0.25) is 0 Å². The van der Waals surface area contributed by atoms with Crippen LogP contribution in [-0.4, -0.2) is 30.7 Å². The summed E-state index contributed by atoms with van der Waals surface area (Å²) >= 11 is 5.97. The summed E-state index contributed by atoms with van der Waals surface area (Å²) in [7, 11) is 0. The molecule has 35 heavy (non-hydrogen) atoms. The van der Waals surface area contributed by atoms with Gasteiger partial charge in [-0.25, -0.2) is 9.78 Å². The van der Waals surface area contributed by atoms with Gasteiger partial charge in [-0.2, -0.15) is 0 Å². The van der Waals surface area contributed by atoms with E-state index in [-0.39, 0.29) is 22.1 Å². The highest BCUT2D eigenvalue weighted by Gasteiger charge is 2.25. The number of hydrogen-bond donors (Lipinski definition) is 2. The minimum Gasteiger partial charge on any atom is -0.476 e. The summed E-state index contributed by atoms with van der Waals surface area (Å²) in [6.45, 7) is 6.92. The second-order valence-corrected chi connectivity index (χ2v) is 9.14. The predicted octanol–water partition coefficient (Wildman–Crippen LogP) is 4.15. The molecule has 2 N–H and O–H groups in total. The van der Waals surface area contributed by atoms with Crippen LogP contribution < -0.4 is 15.8 Å². The van der Waals surface area contributed by atoms with Crippen LogP contribution >= 0.6 is 11.6 Å². The monoisotopic (exact) mass is 490 g/mol. The molecular formula is C25H23ClN6O3. The minimum atomic E-state index is -1.22. The number of carbonyl (C=O) groups is 1. The molecule has 1 aromatic carbocycles. The smallest absolute Gasteiger partial charge is 0.358 e. The predicted molar refractivity (Wildman–Crippen MR) is 133 cm³/mol. The molecule has 0 bridgehead atoms. The molecule has 0 aliphatic carbocycles. The Hall–Kier alpha value is -3.98. The van der Waals surface area contributed by atoms with Gasteiger partial charge in [0.25, 0.3) is 5.56 Å². The average Bonchev–Trinajstić information content (AvgIpc) is 3.25. The molecule has 10 heteroatoms. The van der Waals surface area contributed by atoms with Crippen LogP contribution in [0, 0.1) is 13.8 Å². The molecule has 0 spiro atoms. The normalized spacial score (nSPS) is 13.7. The number of halogens is 1. The number of fused-ring (bicyclic) bond motifs is 2. The standard InChI is InChI=1S/C25H23ClN6O3/c1-13-8-18(15(3)27-19-9-20(26)29-30-21(19)25(34)35)23-28-22(14(2)24(33)32(23)10-13)31-11-16-6-4-5-7-17(16)12-31/h4-10,15H,11-12H2,1-3H3,(H,27,29)(H,34,35)/t15-/m1/s1. The molecule has 1 aliphatic rings. The van der Waals surface area contributed by atoms with Crippen LogP contribution in [0.25, 0.3) is 5.65 Å². The van der Waals surface area contributed by atoms with Crippen molar-refractivity contribution in [2.45, 2.75) is 39.9 Å². The SMILES string of the molecule is Cc1cc([C@@H](C)Nc2cc(Cl)nnc2C(=O)O)c2nc(N3Cc4ccccc4C3)c(C)c(=O)n2c1. The van der Waals surface area contributed by atoms with Gasteiger partial charge < -0.3 is 15.3 Å². The summed E-state index contributed by atoms with van der Waals surface area (Å²) in [4.78, 5) is 32.1.